The van der Waals surface area contributed by atoms with Crippen LogP contribution in [0.25, 0.3) is 33.1 Å². The van der Waals surface area contributed by atoms with Crippen LogP contribution in [0.15, 0.2) is 78.9 Å². The van der Waals surface area contributed by atoms with Gasteiger partial charge in [-0.2, -0.15) is 0 Å². The maximum Gasteiger partial charge on any atom is 0.270 e. The molecule has 1 amide bonds. The van der Waals surface area contributed by atoms with Crippen molar-refractivity contribution < 1.29 is 14.3 Å². The van der Waals surface area contributed by atoms with Crippen molar-refractivity contribution in [2.45, 2.75) is 6.54 Å². The molecule has 0 spiro atoms. The maximum absolute atomic E-state index is 13.2. The van der Waals surface area contributed by atoms with Crippen LogP contribution in [-0.4, -0.2) is 30.1 Å². The molecule has 0 saturated heterocycles. The average Bonchev–Trinajstić information content (AvgIpc) is 3.25. The fourth-order valence-electron chi connectivity index (χ4n) is 4.06. The van der Waals surface area contributed by atoms with Gasteiger partial charge in [-0.15, -0.1) is 0 Å². The summed E-state index contributed by atoms with van der Waals surface area (Å²) in [5.41, 5.74) is 4.68. The second-order valence-electron chi connectivity index (χ2n) is 7.68. The van der Waals surface area contributed by atoms with Crippen molar-refractivity contribution in [1.29, 1.82) is 0 Å². The first-order chi connectivity index (χ1) is 16.2. The summed E-state index contributed by atoms with van der Waals surface area (Å²) in [5.74, 6) is 1.21. The molecule has 6 heteroatoms. The zero-order valence-electron chi connectivity index (χ0n) is 18.4. The smallest absolute Gasteiger partial charge is 0.270 e. The van der Waals surface area contributed by atoms with E-state index in [1.54, 1.807) is 14.2 Å². The zero-order chi connectivity index (χ0) is 22.8. The normalized spacial score (nSPS) is 11.0. The fourth-order valence-corrected chi connectivity index (χ4v) is 4.06. The highest BCUT2D eigenvalue weighted by Gasteiger charge is 2.17. The standard InChI is InChI=1S/C27H23N3O3/c1-32-19-10-7-9-17(14-19)25-26-21(20-11-4-5-12-22(20)29-26)15-23(30-25)27(31)28-16-18-8-3-6-13-24(18)33-2/h3-15,29H,16H2,1-2H3,(H,28,31). The van der Waals surface area contributed by atoms with Gasteiger partial charge in [-0.05, 0) is 30.3 Å². The van der Waals surface area contributed by atoms with Gasteiger partial charge >= 0.3 is 0 Å². The predicted octanol–water partition coefficient (Wildman–Crippen LogP) is 5.33. The van der Waals surface area contributed by atoms with Crippen molar-refractivity contribution in [2.75, 3.05) is 14.2 Å². The summed E-state index contributed by atoms with van der Waals surface area (Å²) in [7, 11) is 3.25. The number of ether oxygens (including phenoxy) is 2. The number of para-hydroxylation sites is 2. The molecule has 0 aliphatic carbocycles. The van der Waals surface area contributed by atoms with Gasteiger partial charge in [-0.25, -0.2) is 4.98 Å². The quantitative estimate of drug-likeness (QED) is 0.376. The molecule has 33 heavy (non-hydrogen) atoms. The molecule has 2 N–H and O–H groups in total. The van der Waals surface area contributed by atoms with Crippen molar-refractivity contribution in [3.8, 4) is 22.8 Å². The topological polar surface area (TPSA) is 76.2 Å². The first-order valence-electron chi connectivity index (χ1n) is 10.6. The largest absolute Gasteiger partial charge is 0.497 e. The number of nitrogens with one attached hydrogen (secondary N) is 2. The van der Waals surface area contributed by atoms with E-state index in [4.69, 9.17) is 14.5 Å². The SMILES string of the molecule is COc1cccc(-c2nc(C(=O)NCc3ccccc3OC)cc3c2[nH]c2ccccc23)c1. The number of methoxy groups -OCH3 is 2. The van der Waals surface area contributed by atoms with E-state index in [2.05, 4.69) is 10.3 Å². The average molecular weight is 437 g/mol. The Bertz CT molecular complexity index is 1470. The highest BCUT2D eigenvalue weighted by Crippen LogP contribution is 2.33. The first-order valence-corrected chi connectivity index (χ1v) is 10.6. The number of pyridine rings is 1. The van der Waals surface area contributed by atoms with Crippen molar-refractivity contribution >= 4 is 27.7 Å². The minimum Gasteiger partial charge on any atom is -0.497 e. The number of carbonyl (C=O) groups excluding carboxylic acids is 1. The van der Waals surface area contributed by atoms with Crippen molar-refractivity contribution in [3.63, 3.8) is 0 Å². The van der Waals surface area contributed by atoms with Crippen LogP contribution in [0.4, 0.5) is 0 Å². The Labute approximate surface area is 191 Å². The van der Waals surface area contributed by atoms with E-state index in [0.29, 0.717) is 17.9 Å². The van der Waals surface area contributed by atoms with E-state index >= 15 is 0 Å². The van der Waals surface area contributed by atoms with Gasteiger partial charge in [0, 0.05) is 34.0 Å². The molecule has 2 aromatic heterocycles. The van der Waals surface area contributed by atoms with Crippen LogP contribution in [0.5, 0.6) is 11.5 Å². The molecular formula is C27H23N3O3. The maximum atomic E-state index is 13.2. The van der Waals surface area contributed by atoms with Crippen LogP contribution < -0.4 is 14.8 Å². The Hall–Kier alpha value is -4.32. The number of aromatic amines is 1. The lowest BCUT2D eigenvalue weighted by Crippen LogP contribution is -2.24. The van der Waals surface area contributed by atoms with Gasteiger partial charge in [-0.1, -0.05) is 48.5 Å². The van der Waals surface area contributed by atoms with Gasteiger partial charge in [-0.3, -0.25) is 4.79 Å². The van der Waals surface area contributed by atoms with E-state index in [-0.39, 0.29) is 5.91 Å². The third-order valence-electron chi connectivity index (χ3n) is 5.70. The zero-order valence-corrected chi connectivity index (χ0v) is 18.4. The number of nitrogens with zero attached hydrogens (tertiary/aromatic N) is 1. The van der Waals surface area contributed by atoms with Gasteiger partial charge in [0.1, 0.15) is 17.2 Å². The van der Waals surface area contributed by atoms with Crippen molar-refractivity contribution in [1.82, 2.24) is 15.3 Å². The molecule has 0 saturated carbocycles. The predicted molar refractivity (Wildman–Crippen MR) is 130 cm³/mol. The second kappa shape index (κ2) is 8.67. The molecule has 0 radical (unpaired) electrons. The highest BCUT2D eigenvalue weighted by atomic mass is 16.5. The molecular weight excluding hydrogens is 414 g/mol. The lowest BCUT2D eigenvalue weighted by Gasteiger charge is -2.11. The molecule has 0 unspecified atom stereocenters. The molecule has 3 aromatic carbocycles. The number of fused-ring (bicyclic) bond motifs is 3. The molecule has 0 aliphatic heterocycles. The summed E-state index contributed by atoms with van der Waals surface area (Å²) in [4.78, 5) is 21.4. The van der Waals surface area contributed by atoms with Gasteiger partial charge in [0.15, 0.2) is 0 Å². The molecule has 6 nitrogen and oxygen atoms in total. The van der Waals surface area contributed by atoms with Crippen LogP contribution in [0.1, 0.15) is 16.1 Å². The van der Waals surface area contributed by atoms with E-state index in [9.17, 15) is 4.79 Å². The lowest BCUT2D eigenvalue weighted by atomic mass is 10.1. The third kappa shape index (κ3) is 3.87. The summed E-state index contributed by atoms with van der Waals surface area (Å²) < 4.78 is 10.8. The molecule has 2 heterocycles. The van der Waals surface area contributed by atoms with Crippen molar-refractivity contribution in [3.05, 3.63) is 90.1 Å². The Morgan fingerprint density at radius 1 is 0.909 bits per heavy atom. The van der Waals surface area contributed by atoms with E-state index < -0.39 is 0 Å². The summed E-state index contributed by atoms with van der Waals surface area (Å²) in [6.07, 6.45) is 0. The van der Waals surface area contributed by atoms with Crippen LogP contribution in [0, 0.1) is 0 Å². The Kier molecular flexibility index (Phi) is 5.40. The number of aromatic nitrogens is 2. The lowest BCUT2D eigenvalue weighted by molar-refractivity contribution is 0.0946. The van der Waals surface area contributed by atoms with Crippen LogP contribution in [0.3, 0.4) is 0 Å². The third-order valence-corrected chi connectivity index (χ3v) is 5.70. The number of rotatable bonds is 6. The van der Waals surface area contributed by atoms with E-state index in [0.717, 1.165) is 44.4 Å². The Morgan fingerprint density at radius 2 is 1.73 bits per heavy atom. The van der Waals surface area contributed by atoms with Crippen molar-refractivity contribution in [2.24, 2.45) is 0 Å². The van der Waals surface area contributed by atoms with Gasteiger partial charge in [0.05, 0.1) is 25.4 Å². The summed E-state index contributed by atoms with van der Waals surface area (Å²) in [6, 6.07) is 25.2. The molecule has 0 aliphatic rings. The minimum absolute atomic E-state index is 0.253. The van der Waals surface area contributed by atoms with Crippen LogP contribution >= 0.6 is 0 Å². The van der Waals surface area contributed by atoms with Crippen LogP contribution in [-0.2, 0) is 6.54 Å². The molecule has 0 fully saturated rings. The van der Waals surface area contributed by atoms with E-state index in [1.165, 1.54) is 0 Å². The summed E-state index contributed by atoms with van der Waals surface area (Å²) in [6.45, 7) is 0.338. The highest BCUT2D eigenvalue weighted by molar-refractivity contribution is 6.13. The molecule has 0 atom stereocenters. The van der Waals surface area contributed by atoms with Gasteiger partial charge < -0.3 is 19.8 Å². The molecule has 164 valence electrons. The molecule has 0 bridgehead atoms. The van der Waals surface area contributed by atoms with E-state index in [1.807, 2.05) is 78.9 Å². The molecule has 5 aromatic rings. The summed E-state index contributed by atoms with van der Waals surface area (Å²) >= 11 is 0. The number of carbonyl (C=O) groups is 1. The number of amides is 1. The summed E-state index contributed by atoms with van der Waals surface area (Å²) in [5, 5.41) is 4.96. The number of hydrogen-bond acceptors (Lipinski definition) is 4. The Morgan fingerprint density at radius 3 is 2.58 bits per heavy atom. The van der Waals surface area contributed by atoms with Gasteiger partial charge in [0.25, 0.3) is 5.91 Å². The number of H-pyrrole nitrogens is 1. The minimum atomic E-state index is -0.253. The molecule has 5 rings (SSSR count). The van der Waals surface area contributed by atoms with Crippen LogP contribution in [0.2, 0.25) is 0 Å². The Balaban J connectivity index is 1.60. The fraction of sp³-hybridized carbons (Fsp3) is 0.111. The van der Waals surface area contributed by atoms with Gasteiger partial charge in [0.2, 0.25) is 0 Å². The first kappa shape index (κ1) is 20.6. The second-order valence-corrected chi connectivity index (χ2v) is 7.68. The monoisotopic (exact) mass is 437 g/mol. The number of hydrogen-bond donors (Lipinski definition) is 2. The number of benzene rings is 3.